The number of alkyl halides is 3. The summed E-state index contributed by atoms with van der Waals surface area (Å²) in [4.78, 5) is 8.46. The first kappa shape index (κ1) is 19.2. The maximum atomic E-state index is 12.2. The van der Waals surface area contributed by atoms with Crippen LogP contribution in [0, 0.1) is 0 Å². The Hall–Kier alpha value is -3.55. The zero-order valence-corrected chi connectivity index (χ0v) is 14.7. The van der Waals surface area contributed by atoms with Crippen LogP contribution < -0.4 is 15.4 Å². The van der Waals surface area contributed by atoms with Crippen LogP contribution in [0.1, 0.15) is 12.1 Å². The lowest BCUT2D eigenvalue weighted by Gasteiger charge is -2.11. The number of anilines is 2. The Morgan fingerprint density at radius 1 is 1.11 bits per heavy atom. The first-order valence-electron chi connectivity index (χ1n) is 8.32. The van der Waals surface area contributed by atoms with Gasteiger partial charge in [-0.1, -0.05) is 24.8 Å². The molecule has 28 heavy (non-hydrogen) atoms. The van der Waals surface area contributed by atoms with Crippen molar-refractivity contribution in [3.05, 3.63) is 85.1 Å². The molecule has 0 unspecified atom stereocenters. The Morgan fingerprint density at radius 2 is 1.89 bits per heavy atom. The third-order valence-corrected chi connectivity index (χ3v) is 3.67. The lowest BCUT2D eigenvalue weighted by atomic mass is 10.1. The molecule has 0 saturated heterocycles. The predicted octanol–water partition coefficient (Wildman–Crippen LogP) is 5.08. The van der Waals surface area contributed by atoms with E-state index in [9.17, 15) is 13.2 Å². The number of halogens is 3. The third kappa shape index (κ3) is 5.73. The van der Waals surface area contributed by atoms with Crippen molar-refractivity contribution in [3.63, 3.8) is 0 Å². The van der Waals surface area contributed by atoms with Crippen molar-refractivity contribution in [3.8, 4) is 5.75 Å². The minimum atomic E-state index is -4.72. The lowest BCUT2D eigenvalue weighted by Crippen LogP contribution is -2.16. The Labute approximate surface area is 160 Å². The molecule has 0 atom stereocenters. The van der Waals surface area contributed by atoms with Crippen LogP contribution in [-0.4, -0.2) is 16.3 Å². The fourth-order valence-electron chi connectivity index (χ4n) is 2.40. The second-order valence-corrected chi connectivity index (χ2v) is 5.82. The molecule has 2 N–H and O–H groups in total. The summed E-state index contributed by atoms with van der Waals surface area (Å²) in [6.45, 7) is 3.89. The van der Waals surface area contributed by atoms with E-state index in [0.29, 0.717) is 23.6 Å². The fourth-order valence-corrected chi connectivity index (χ4v) is 2.40. The summed E-state index contributed by atoms with van der Waals surface area (Å²) in [5, 5.41) is 6.14. The van der Waals surface area contributed by atoms with E-state index in [0.717, 1.165) is 11.3 Å². The summed E-state index contributed by atoms with van der Waals surface area (Å²) in [5.41, 5.74) is 2.96. The number of ether oxygens (including phenoxy) is 1. The van der Waals surface area contributed by atoms with Crippen LogP contribution in [0.4, 0.5) is 24.7 Å². The van der Waals surface area contributed by atoms with E-state index in [1.807, 2.05) is 30.5 Å². The highest BCUT2D eigenvalue weighted by atomic mass is 19.4. The number of rotatable bonds is 4. The molecule has 144 valence electrons. The summed E-state index contributed by atoms with van der Waals surface area (Å²) in [6, 6.07) is 7.16. The molecule has 0 saturated carbocycles. The number of nitrogens with one attached hydrogen (secondary N) is 2. The van der Waals surface area contributed by atoms with Crippen molar-refractivity contribution in [1.82, 2.24) is 15.3 Å². The van der Waals surface area contributed by atoms with Gasteiger partial charge in [-0.05, 0) is 42.3 Å². The SMILES string of the molecule is C=C1/C=C\C=C/C/C(c2cc(Nc3ccc(OC(F)(F)F)cc3)ncn2)=C\N1. The van der Waals surface area contributed by atoms with Gasteiger partial charge in [0, 0.05) is 23.7 Å². The first-order valence-corrected chi connectivity index (χ1v) is 8.32. The van der Waals surface area contributed by atoms with Crippen LogP contribution in [0.25, 0.3) is 5.57 Å². The van der Waals surface area contributed by atoms with Gasteiger partial charge in [0.2, 0.25) is 0 Å². The molecule has 0 radical (unpaired) electrons. The molecular weight excluding hydrogens is 369 g/mol. The second-order valence-electron chi connectivity index (χ2n) is 5.82. The zero-order chi connectivity index (χ0) is 20.0. The van der Waals surface area contributed by atoms with Gasteiger partial charge in [-0.25, -0.2) is 9.97 Å². The largest absolute Gasteiger partial charge is 0.573 e. The van der Waals surface area contributed by atoms with Crippen molar-refractivity contribution in [1.29, 1.82) is 0 Å². The average molecular weight is 386 g/mol. The summed E-state index contributed by atoms with van der Waals surface area (Å²) in [7, 11) is 0. The number of hydrogen-bond donors (Lipinski definition) is 2. The molecule has 2 aromatic rings. The Morgan fingerprint density at radius 3 is 2.64 bits per heavy atom. The molecule has 0 aliphatic carbocycles. The lowest BCUT2D eigenvalue weighted by molar-refractivity contribution is -0.274. The molecule has 0 amide bonds. The highest BCUT2D eigenvalue weighted by Crippen LogP contribution is 2.26. The molecule has 1 aromatic carbocycles. The van der Waals surface area contributed by atoms with Gasteiger partial charge in [0.1, 0.15) is 17.9 Å². The van der Waals surface area contributed by atoms with Gasteiger partial charge in [-0.2, -0.15) is 0 Å². The summed E-state index contributed by atoms with van der Waals surface area (Å²) in [6.07, 6.45) is 6.86. The Bertz CT molecular complexity index is 931. The number of hydrogen-bond acceptors (Lipinski definition) is 5. The second kappa shape index (κ2) is 8.43. The molecular formula is C20H17F3N4O. The van der Waals surface area contributed by atoms with E-state index < -0.39 is 6.36 Å². The van der Waals surface area contributed by atoms with Crippen LogP contribution in [0.15, 0.2) is 79.4 Å². The van der Waals surface area contributed by atoms with E-state index >= 15 is 0 Å². The molecule has 3 rings (SSSR count). The number of nitrogens with zero attached hydrogens (tertiary/aromatic N) is 2. The van der Waals surface area contributed by atoms with E-state index in [1.54, 1.807) is 6.07 Å². The zero-order valence-electron chi connectivity index (χ0n) is 14.7. The molecule has 0 fully saturated rings. The van der Waals surface area contributed by atoms with E-state index in [1.165, 1.54) is 30.6 Å². The van der Waals surface area contributed by atoms with Gasteiger partial charge in [0.25, 0.3) is 0 Å². The van der Waals surface area contributed by atoms with Crippen molar-refractivity contribution in [2.24, 2.45) is 0 Å². The number of aromatic nitrogens is 2. The quantitative estimate of drug-likeness (QED) is 0.768. The highest BCUT2D eigenvalue weighted by Gasteiger charge is 2.30. The van der Waals surface area contributed by atoms with Crippen LogP contribution in [0.5, 0.6) is 5.75 Å². The van der Waals surface area contributed by atoms with Crippen LogP contribution in [0.3, 0.4) is 0 Å². The molecule has 0 spiro atoms. The Balaban J connectivity index is 1.74. The van der Waals surface area contributed by atoms with Crippen LogP contribution in [0.2, 0.25) is 0 Å². The van der Waals surface area contributed by atoms with Gasteiger partial charge < -0.3 is 15.4 Å². The molecule has 1 aliphatic rings. The minimum Gasteiger partial charge on any atom is -0.406 e. The van der Waals surface area contributed by atoms with E-state index in [-0.39, 0.29) is 5.75 Å². The predicted molar refractivity (Wildman–Crippen MR) is 102 cm³/mol. The van der Waals surface area contributed by atoms with Gasteiger partial charge in [-0.15, -0.1) is 13.2 Å². The minimum absolute atomic E-state index is 0.288. The van der Waals surface area contributed by atoms with Crippen LogP contribution >= 0.6 is 0 Å². The fraction of sp³-hybridized carbons (Fsp3) is 0.100. The number of benzene rings is 1. The first-order chi connectivity index (χ1) is 13.4. The summed E-state index contributed by atoms with van der Waals surface area (Å²) >= 11 is 0. The molecule has 1 aliphatic heterocycles. The summed E-state index contributed by atoms with van der Waals surface area (Å²) in [5.74, 6) is 0.222. The molecule has 0 bridgehead atoms. The monoisotopic (exact) mass is 386 g/mol. The maximum Gasteiger partial charge on any atom is 0.573 e. The van der Waals surface area contributed by atoms with Gasteiger partial charge in [0.05, 0.1) is 5.69 Å². The average Bonchev–Trinajstić information content (AvgIpc) is 2.75. The maximum absolute atomic E-state index is 12.2. The standard InChI is InChI=1S/C20H17F3N4O/c1-14-5-3-2-4-6-15(12-24-14)18-11-19(26-13-25-18)27-16-7-9-17(10-8-16)28-20(21,22)23/h2-5,7-13,24H,1,6H2,(H,25,26,27)/b4-2-,5-3-,15-12+. The summed E-state index contributed by atoms with van der Waals surface area (Å²) < 4.78 is 40.6. The van der Waals surface area contributed by atoms with Gasteiger partial charge >= 0.3 is 6.36 Å². The van der Waals surface area contributed by atoms with Crippen molar-refractivity contribution in [2.45, 2.75) is 12.8 Å². The van der Waals surface area contributed by atoms with Gasteiger partial charge in [0.15, 0.2) is 0 Å². The molecule has 5 nitrogen and oxygen atoms in total. The van der Waals surface area contributed by atoms with Crippen molar-refractivity contribution >= 4 is 17.1 Å². The normalized spacial score (nSPS) is 18.5. The third-order valence-electron chi connectivity index (χ3n) is 3.67. The smallest absolute Gasteiger partial charge is 0.406 e. The van der Waals surface area contributed by atoms with Crippen LogP contribution in [-0.2, 0) is 0 Å². The topological polar surface area (TPSA) is 59.1 Å². The van der Waals surface area contributed by atoms with Crippen molar-refractivity contribution < 1.29 is 17.9 Å². The molecule has 2 heterocycles. The van der Waals surface area contributed by atoms with Gasteiger partial charge in [-0.3, -0.25) is 0 Å². The van der Waals surface area contributed by atoms with E-state index in [2.05, 4.69) is 31.9 Å². The highest BCUT2D eigenvalue weighted by molar-refractivity contribution is 5.67. The molecule has 8 heteroatoms. The molecule has 1 aromatic heterocycles. The Kier molecular flexibility index (Phi) is 5.78. The van der Waals surface area contributed by atoms with E-state index in [4.69, 9.17) is 0 Å². The van der Waals surface area contributed by atoms with Crippen molar-refractivity contribution in [2.75, 3.05) is 5.32 Å². The number of allylic oxidation sites excluding steroid dienone is 5.